The number of nitrogens with one attached hydrogen (secondary N) is 2. The van der Waals surface area contributed by atoms with Gasteiger partial charge in [0.15, 0.2) is 0 Å². The first kappa shape index (κ1) is 16.8. The summed E-state index contributed by atoms with van der Waals surface area (Å²) < 4.78 is 0. The molecular formula is C19H22ClN3O. The topological polar surface area (TPSA) is 44.4 Å². The molecule has 0 aliphatic carbocycles. The monoisotopic (exact) mass is 343 g/mol. The molecule has 4 rings (SSSR count). The second kappa shape index (κ2) is 6.83. The minimum absolute atomic E-state index is 0. The fraction of sp³-hybridized carbons (Fsp3) is 0.316. The number of fused-ring (bicyclic) bond motifs is 3. The Bertz CT molecular complexity index is 735. The molecule has 24 heavy (non-hydrogen) atoms. The number of hydrogen-bond acceptors (Lipinski definition) is 2. The average molecular weight is 344 g/mol. The first-order chi connectivity index (χ1) is 11.2. The Morgan fingerprint density at radius 3 is 2.71 bits per heavy atom. The average Bonchev–Trinajstić information content (AvgIpc) is 3.05. The molecule has 0 spiro atoms. The summed E-state index contributed by atoms with van der Waals surface area (Å²) in [4.78, 5) is 14.8. The third kappa shape index (κ3) is 2.87. The Kier molecular flexibility index (Phi) is 4.78. The summed E-state index contributed by atoms with van der Waals surface area (Å²) in [6, 6.07) is 16.4. The third-order valence-corrected chi connectivity index (χ3v) is 5.04. The van der Waals surface area contributed by atoms with Crippen molar-refractivity contribution in [3.8, 4) is 0 Å². The van der Waals surface area contributed by atoms with Gasteiger partial charge in [-0.05, 0) is 35.7 Å². The zero-order chi connectivity index (χ0) is 15.8. The minimum Gasteiger partial charge on any atom is -0.315 e. The van der Waals surface area contributed by atoms with Gasteiger partial charge in [0, 0.05) is 31.2 Å². The van der Waals surface area contributed by atoms with Crippen LogP contribution in [0.5, 0.6) is 0 Å². The van der Waals surface area contributed by atoms with Gasteiger partial charge in [-0.3, -0.25) is 0 Å². The third-order valence-electron chi connectivity index (χ3n) is 5.04. The van der Waals surface area contributed by atoms with Crippen LogP contribution in [0.25, 0.3) is 0 Å². The summed E-state index contributed by atoms with van der Waals surface area (Å²) in [6.45, 7) is 4.62. The van der Waals surface area contributed by atoms with E-state index in [1.54, 1.807) is 0 Å². The zero-order valence-electron chi connectivity index (χ0n) is 13.7. The summed E-state index contributed by atoms with van der Waals surface area (Å²) in [6.07, 6.45) is 0. The summed E-state index contributed by atoms with van der Waals surface area (Å²) in [7, 11) is 0. The van der Waals surface area contributed by atoms with Crippen molar-refractivity contribution < 1.29 is 4.79 Å². The maximum Gasteiger partial charge on any atom is 0.322 e. The second-order valence-electron chi connectivity index (χ2n) is 6.40. The summed E-state index contributed by atoms with van der Waals surface area (Å²) in [5.74, 6) is 0.389. The van der Waals surface area contributed by atoms with E-state index in [4.69, 9.17) is 0 Å². The molecule has 1 saturated heterocycles. The van der Waals surface area contributed by atoms with E-state index in [0.717, 1.165) is 18.8 Å². The quantitative estimate of drug-likeness (QED) is 0.832. The molecule has 2 aromatic rings. The summed E-state index contributed by atoms with van der Waals surface area (Å²) in [5.41, 5.74) is 4.82. The number of halogens is 1. The molecule has 0 aromatic heterocycles. The predicted octanol–water partition coefficient (Wildman–Crippen LogP) is 3.52. The van der Waals surface area contributed by atoms with Gasteiger partial charge in [0.25, 0.3) is 0 Å². The maximum atomic E-state index is 12.8. The van der Waals surface area contributed by atoms with Gasteiger partial charge in [-0.2, -0.15) is 0 Å². The first-order valence-corrected chi connectivity index (χ1v) is 8.16. The number of carbonyl (C=O) groups is 1. The summed E-state index contributed by atoms with van der Waals surface area (Å²) >= 11 is 0. The largest absolute Gasteiger partial charge is 0.322 e. The Morgan fingerprint density at radius 2 is 1.92 bits per heavy atom. The van der Waals surface area contributed by atoms with E-state index in [9.17, 15) is 4.79 Å². The Hall–Kier alpha value is -2.04. The van der Waals surface area contributed by atoms with Crippen molar-refractivity contribution in [2.75, 3.05) is 18.4 Å². The molecule has 1 fully saturated rings. The van der Waals surface area contributed by atoms with Crippen LogP contribution < -0.4 is 10.6 Å². The van der Waals surface area contributed by atoms with Gasteiger partial charge in [0.05, 0.1) is 6.04 Å². The molecule has 2 aliphatic heterocycles. The second-order valence-corrected chi connectivity index (χ2v) is 6.40. The van der Waals surface area contributed by atoms with Crippen molar-refractivity contribution in [1.82, 2.24) is 10.2 Å². The predicted molar refractivity (Wildman–Crippen MR) is 98.8 cm³/mol. The smallest absolute Gasteiger partial charge is 0.315 e. The molecule has 0 radical (unpaired) electrons. The zero-order valence-corrected chi connectivity index (χ0v) is 14.5. The fourth-order valence-electron chi connectivity index (χ4n) is 3.82. The van der Waals surface area contributed by atoms with Gasteiger partial charge in [0.1, 0.15) is 0 Å². The number of benzene rings is 2. The molecule has 2 N–H and O–H groups in total. The van der Waals surface area contributed by atoms with Gasteiger partial charge in [-0.1, -0.05) is 36.4 Å². The van der Waals surface area contributed by atoms with E-state index in [1.807, 2.05) is 35.2 Å². The lowest BCUT2D eigenvalue weighted by molar-refractivity contribution is 0.175. The Morgan fingerprint density at radius 1 is 1.12 bits per heavy atom. The van der Waals surface area contributed by atoms with E-state index in [1.165, 1.54) is 16.7 Å². The number of aryl methyl sites for hydroxylation is 1. The fourth-order valence-corrected chi connectivity index (χ4v) is 3.82. The SMILES string of the molecule is Cc1cccc2c1CN(C(=O)Nc1ccccc1)C1CNCC21.Cl. The van der Waals surface area contributed by atoms with Crippen LogP contribution in [0.2, 0.25) is 0 Å². The van der Waals surface area contributed by atoms with E-state index in [0.29, 0.717) is 12.5 Å². The van der Waals surface area contributed by atoms with Crippen molar-refractivity contribution in [2.45, 2.75) is 25.4 Å². The van der Waals surface area contributed by atoms with Gasteiger partial charge < -0.3 is 15.5 Å². The van der Waals surface area contributed by atoms with Crippen LogP contribution in [0.3, 0.4) is 0 Å². The first-order valence-electron chi connectivity index (χ1n) is 8.16. The standard InChI is InChI=1S/C19H21N3O.ClH/c1-13-6-5-9-15-16-10-20-11-18(16)22(12-17(13)15)19(23)21-14-7-3-2-4-8-14;/h2-9,16,18,20H,10-12H2,1H3,(H,21,23);1H. The Labute approximate surface area is 148 Å². The minimum atomic E-state index is -0.0104. The molecule has 5 heteroatoms. The molecule has 2 aliphatic rings. The van der Waals surface area contributed by atoms with Crippen molar-refractivity contribution >= 4 is 24.1 Å². The van der Waals surface area contributed by atoms with Crippen LogP contribution in [0.4, 0.5) is 10.5 Å². The molecular weight excluding hydrogens is 322 g/mol. The molecule has 0 saturated carbocycles. The number of nitrogens with zero attached hydrogens (tertiary/aromatic N) is 1. The number of amides is 2. The van der Waals surface area contributed by atoms with Crippen molar-refractivity contribution in [1.29, 1.82) is 0 Å². The number of urea groups is 1. The molecule has 2 unspecified atom stereocenters. The van der Waals surface area contributed by atoms with Crippen molar-refractivity contribution in [2.24, 2.45) is 0 Å². The van der Waals surface area contributed by atoms with Gasteiger partial charge in [-0.25, -0.2) is 4.79 Å². The van der Waals surface area contributed by atoms with Gasteiger partial charge in [-0.15, -0.1) is 12.4 Å². The highest BCUT2D eigenvalue weighted by Gasteiger charge is 2.40. The van der Waals surface area contributed by atoms with E-state index in [-0.39, 0.29) is 24.5 Å². The van der Waals surface area contributed by atoms with E-state index in [2.05, 4.69) is 35.8 Å². The van der Waals surface area contributed by atoms with Crippen molar-refractivity contribution in [3.05, 3.63) is 65.2 Å². The molecule has 2 aromatic carbocycles. The van der Waals surface area contributed by atoms with Crippen molar-refractivity contribution in [3.63, 3.8) is 0 Å². The number of rotatable bonds is 1. The normalized spacial score (nSPS) is 21.5. The molecule has 2 amide bonds. The maximum absolute atomic E-state index is 12.8. The van der Waals surface area contributed by atoms with E-state index < -0.39 is 0 Å². The number of carbonyl (C=O) groups excluding carboxylic acids is 1. The molecule has 0 bridgehead atoms. The molecule has 2 atom stereocenters. The van der Waals surface area contributed by atoms with Crippen LogP contribution in [0.15, 0.2) is 48.5 Å². The lowest BCUT2D eigenvalue weighted by Gasteiger charge is -2.39. The highest BCUT2D eigenvalue weighted by molar-refractivity contribution is 5.90. The van der Waals surface area contributed by atoms with Crippen LogP contribution >= 0.6 is 12.4 Å². The van der Waals surface area contributed by atoms with Gasteiger partial charge in [0.2, 0.25) is 0 Å². The highest BCUT2D eigenvalue weighted by Crippen LogP contribution is 2.37. The number of hydrogen-bond donors (Lipinski definition) is 2. The summed E-state index contributed by atoms with van der Waals surface area (Å²) in [5, 5.41) is 6.49. The number of anilines is 1. The number of para-hydroxylation sites is 1. The Balaban J connectivity index is 0.00000169. The lowest BCUT2D eigenvalue weighted by atomic mass is 9.84. The van der Waals surface area contributed by atoms with E-state index >= 15 is 0 Å². The highest BCUT2D eigenvalue weighted by atomic mass is 35.5. The molecule has 2 heterocycles. The molecule has 126 valence electrons. The van der Waals surface area contributed by atoms with Crippen LogP contribution in [0, 0.1) is 6.92 Å². The molecule has 4 nitrogen and oxygen atoms in total. The lowest BCUT2D eigenvalue weighted by Crippen LogP contribution is -2.48. The van der Waals surface area contributed by atoms with Crippen LogP contribution in [-0.2, 0) is 6.54 Å². The van der Waals surface area contributed by atoms with Gasteiger partial charge >= 0.3 is 6.03 Å². The van der Waals surface area contributed by atoms with Crippen LogP contribution in [0.1, 0.15) is 22.6 Å². The van der Waals surface area contributed by atoms with Crippen LogP contribution in [-0.4, -0.2) is 30.1 Å².